The molecule has 3 aliphatic heterocycles. The van der Waals surface area contributed by atoms with E-state index in [9.17, 15) is 39.6 Å². The largest absolute Gasteiger partial charge is 0.325 e. The van der Waals surface area contributed by atoms with Crippen LogP contribution in [-0.2, 0) is 56.7 Å². The van der Waals surface area contributed by atoms with Gasteiger partial charge in [-0.2, -0.15) is 25.5 Å². The molecule has 7 aromatic heterocycles. The summed E-state index contributed by atoms with van der Waals surface area (Å²) < 4.78 is 89.1. The van der Waals surface area contributed by atoms with Crippen molar-refractivity contribution in [1.82, 2.24) is 64.3 Å². The molecule has 3 saturated heterocycles. The third-order valence-electron chi connectivity index (χ3n) is 17.6. The summed E-state index contributed by atoms with van der Waals surface area (Å²) in [6.45, 7) is 12.8. The number of nitrogens with zero attached hydrogens (tertiary/aromatic N) is 15. The minimum Gasteiger partial charge on any atom is -0.325 e. The van der Waals surface area contributed by atoms with Gasteiger partial charge in [0.25, 0.3) is 0 Å². The molecule has 7 aromatic rings. The molecule has 3 fully saturated rings. The van der Waals surface area contributed by atoms with Gasteiger partial charge < -0.3 is 25.3 Å². The molecule has 0 aromatic carbocycles. The molecular formula is C54H72N18O9S4+2. The Kier molecular flexibility index (Phi) is 16.7. The summed E-state index contributed by atoms with van der Waals surface area (Å²) in [5.41, 5.74) is 2.70. The molecule has 6 amide bonds. The second-order valence-electron chi connectivity index (χ2n) is 23.6. The van der Waals surface area contributed by atoms with Gasteiger partial charge in [-0.05, 0) is 131 Å². The Balaban J connectivity index is 0.673. The molecule has 454 valence electrons. The van der Waals surface area contributed by atoms with Gasteiger partial charge in [-0.25, -0.2) is 44.2 Å². The highest BCUT2D eigenvalue weighted by molar-refractivity contribution is 7.93. The first-order chi connectivity index (χ1) is 40.1. The number of amides is 6. The van der Waals surface area contributed by atoms with Crippen LogP contribution >= 0.6 is 11.5 Å². The summed E-state index contributed by atoms with van der Waals surface area (Å²) in [6, 6.07) is 10.6. The lowest BCUT2D eigenvalue weighted by atomic mass is 9.86. The van der Waals surface area contributed by atoms with Crippen LogP contribution in [0, 0.1) is 17.8 Å². The van der Waals surface area contributed by atoms with Crippen LogP contribution in [0.5, 0.6) is 0 Å². The van der Waals surface area contributed by atoms with Crippen LogP contribution in [0.4, 0.5) is 30.8 Å². The lowest BCUT2D eigenvalue weighted by molar-refractivity contribution is -0.746. The average molecular weight is 1250 g/mol. The van der Waals surface area contributed by atoms with Gasteiger partial charge in [-0.3, -0.25) is 14.7 Å². The maximum Gasteiger partial charge on any atom is 0.322 e. The first-order valence-electron chi connectivity index (χ1n) is 28.1. The third-order valence-corrected chi connectivity index (χ3v) is 26.3. The number of carbonyl (C=O) groups excluding carboxylic acids is 3. The Hall–Kier alpha value is -7.51. The maximum absolute atomic E-state index is 14.5. The Bertz CT molecular complexity index is 3950. The third kappa shape index (κ3) is 12.1. The quantitative estimate of drug-likeness (QED) is 0.111. The summed E-state index contributed by atoms with van der Waals surface area (Å²) >= 11 is 1.17. The van der Waals surface area contributed by atoms with E-state index in [0.29, 0.717) is 106 Å². The number of rotatable bonds is 16. The van der Waals surface area contributed by atoms with E-state index in [0.717, 1.165) is 5.52 Å². The first-order valence-corrected chi connectivity index (χ1v) is 33.3. The number of piperidine rings is 3. The second kappa shape index (κ2) is 23.4. The molecule has 0 aliphatic carbocycles. The Morgan fingerprint density at radius 1 is 0.576 bits per heavy atom. The van der Waals surface area contributed by atoms with E-state index in [1.165, 1.54) is 45.7 Å². The number of pyridine rings is 1. The molecule has 0 radical (unpaired) electrons. The van der Waals surface area contributed by atoms with Gasteiger partial charge in [0.05, 0.1) is 48.4 Å². The number of urea groups is 3. The lowest BCUT2D eigenvalue weighted by Gasteiger charge is -2.40. The van der Waals surface area contributed by atoms with Crippen molar-refractivity contribution in [2.24, 2.45) is 31.8 Å². The minimum atomic E-state index is -3.95. The molecule has 0 unspecified atom stereocenters. The number of hydrogen-bond acceptors (Lipinski definition) is 17. The van der Waals surface area contributed by atoms with Crippen molar-refractivity contribution in [1.29, 1.82) is 0 Å². The highest BCUT2D eigenvalue weighted by Gasteiger charge is 2.48. The fourth-order valence-corrected chi connectivity index (χ4v) is 18.1. The summed E-state index contributed by atoms with van der Waals surface area (Å²) in [5, 5.41) is 38.8. The molecule has 31 heteroatoms. The molecule has 0 spiro atoms. The fraction of sp³-hybridized carbons (Fsp3) is 0.519. The predicted octanol–water partition coefficient (Wildman–Crippen LogP) is 4.60. The average Bonchev–Trinajstić information content (AvgIpc) is 2.50. The summed E-state index contributed by atoms with van der Waals surface area (Å²) in [7, 11) is -8.40. The smallest absolute Gasteiger partial charge is 0.322 e. The SMILES string of the molecule is Cn1nc(C[n+]2ccc(NC(=O)N3CCC(C(C)(C)S(=O)(=O)c4ccc5ccnn5c4)CC3)cn2)cc1S(=O)(=O)C(C)(C)C1CCN(C(=O)Nc2cn[n+](Cc3cc(S(=O)(=O)C(C)(C)C4CCN(C(=O)Nc5ccnnc5)CC4)n(C)n3)s2)CC1. The van der Waals surface area contributed by atoms with Crippen LogP contribution in [0.1, 0.15) is 91.5 Å². The van der Waals surface area contributed by atoms with Crippen molar-refractivity contribution in [3.8, 4) is 0 Å². The van der Waals surface area contributed by atoms with Crippen LogP contribution in [0.15, 0.2) is 101 Å². The minimum absolute atomic E-state index is 0.0555. The summed E-state index contributed by atoms with van der Waals surface area (Å²) in [6.07, 6.45) is 13.7. The van der Waals surface area contributed by atoms with E-state index in [-0.39, 0.29) is 63.9 Å². The Morgan fingerprint density at radius 3 is 1.56 bits per heavy atom. The highest BCUT2D eigenvalue weighted by Crippen LogP contribution is 2.41. The molecular weight excluding hydrogens is 1170 g/mol. The first kappa shape index (κ1) is 60.6. The molecule has 0 bridgehead atoms. The Labute approximate surface area is 497 Å². The van der Waals surface area contributed by atoms with Gasteiger partial charge in [-0.15, -0.1) is 0 Å². The van der Waals surface area contributed by atoms with Crippen LogP contribution in [-0.4, -0.2) is 161 Å². The summed E-state index contributed by atoms with van der Waals surface area (Å²) in [4.78, 5) is 45.0. The van der Waals surface area contributed by atoms with Crippen molar-refractivity contribution in [2.75, 3.05) is 55.2 Å². The Morgan fingerprint density at radius 2 is 1.07 bits per heavy atom. The standard InChI is InChI=1S/C54H70N18O9S4/c1-52(2,83(76,77)45-10-9-44-12-21-57-71(44)36-45)37-13-22-68(23-14-37)50(74)61-41-19-28-70(58-32-41)34-42-29-47(65(7)63-42)84(78,79)53(3,4)39-17-26-69(27-18-39)51(75)62-46-33-59-72(82-46)35-43-30-48(66(8)64-43)85(80,81)54(5,6)38-15-24-67(25-16-38)49(73)60-40-11-20-55-56-31-40/h9-12,19-21,28-33,36-39H,13-18,22-27,34-35H2,1-8H3,(H,55,60,73)/p+2. The number of anilines is 3. The van der Waals surface area contributed by atoms with Gasteiger partial charge in [0.2, 0.25) is 32.8 Å². The number of hydrogen-bond donors (Lipinski definition) is 3. The number of likely N-dealkylation sites (tertiary alicyclic amines) is 3. The number of aromatic nitrogens is 12. The number of aryl methyl sites for hydroxylation is 2. The molecule has 0 atom stereocenters. The van der Waals surface area contributed by atoms with Crippen LogP contribution in [0.2, 0.25) is 0 Å². The number of nitrogens with one attached hydrogen (secondary N) is 3. The van der Waals surface area contributed by atoms with E-state index in [4.69, 9.17) is 0 Å². The van der Waals surface area contributed by atoms with Crippen LogP contribution in [0.3, 0.4) is 0 Å². The van der Waals surface area contributed by atoms with E-state index in [1.54, 1.807) is 145 Å². The predicted molar refractivity (Wildman–Crippen MR) is 312 cm³/mol. The number of carbonyl (C=O) groups is 3. The molecule has 10 heterocycles. The summed E-state index contributed by atoms with van der Waals surface area (Å²) in [5.74, 6) is -0.689. The van der Waals surface area contributed by atoms with Crippen molar-refractivity contribution in [3.63, 3.8) is 0 Å². The topological polar surface area (TPSA) is 312 Å². The van der Waals surface area contributed by atoms with Gasteiger partial charge in [0, 0.05) is 89.1 Å². The van der Waals surface area contributed by atoms with Crippen molar-refractivity contribution >= 4 is 81.0 Å². The zero-order chi connectivity index (χ0) is 60.9. The normalized spacial score (nSPS) is 16.7. The molecule has 27 nitrogen and oxygen atoms in total. The maximum atomic E-state index is 14.5. The molecule has 10 rings (SSSR count). The fourth-order valence-electron chi connectivity index (χ4n) is 11.8. The zero-order valence-corrected chi connectivity index (χ0v) is 52.0. The van der Waals surface area contributed by atoms with Crippen molar-refractivity contribution in [2.45, 2.75) is 122 Å². The van der Waals surface area contributed by atoms with Gasteiger partial charge in [-0.1, -0.05) is 4.68 Å². The number of fused-ring (bicyclic) bond motifs is 1. The second-order valence-corrected chi connectivity index (χ2v) is 32.1. The van der Waals surface area contributed by atoms with Gasteiger partial charge in [0.1, 0.15) is 23.8 Å². The lowest BCUT2D eigenvalue weighted by Crippen LogP contribution is -2.48. The molecule has 3 N–H and O–H groups in total. The van der Waals surface area contributed by atoms with Crippen LogP contribution < -0.4 is 24.7 Å². The van der Waals surface area contributed by atoms with E-state index >= 15 is 0 Å². The molecule has 3 aliphatic rings. The molecule has 0 saturated carbocycles. The zero-order valence-electron chi connectivity index (χ0n) is 48.7. The van der Waals surface area contributed by atoms with Crippen molar-refractivity contribution in [3.05, 3.63) is 97.2 Å². The van der Waals surface area contributed by atoms with E-state index < -0.39 is 43.8 Å². The van der Waals surface area contributed by atoms with Gasteiger partial charge in [0.15, 0.2) is 42.6 Å². The monoisotopic (exact) mass is 1240 g/mol. The highest BCUT2D eigenvalue weighted by atomic mass is 32.2. The molecule has 85 heavy (non-hydrogen) atoms. The van der Waals surface area contributed by atoms with Gasteiger partial charge >= 0.3 is 18.1 Å². The van der Waals surface area contributed by atoms with Crippen molar-refractivity contribution < 1.29 is 48.4 Å². The van der Waals surface area contributed by atoms with E-state index in [2.05, 4.69) is 51.6 Å². The number of sulfone groups is 3. The van der Waals surface area contributed by atoms with E-state index in [1.807, 2.05) is 0 Å². The van der Waals surface area contributed by atoms with Crippen LogP contribution in [0.25, 0.3) is 5.52 Å².